The van der Waals surface area contributed by atoms with Gasteiger partial charge in [-0.2, -0.15) is 0 Å². The maximum Gasteiger partial charge on any atom is 0.123 e. The molecule has 0 aliphatic carbocycles. The Balaban J connectivity index is 1.69. The van der Waals surface area contributed by atoms with Gasteiger partial charge < -0.3 is 5.32 Å². The summed E-state index contributed by atoms with van der Waals surface area (Å²) in [6.45, 7) is 3.15. The summed E-state index contributed by atoms with van der Waals surface area (Å²) in [5, 5.41) is 6.59. The van der Waals surface area contributed by atoms with Crippen molar-refractivity contribution in [2.45, 2.75) is 12.6 Å². The number of thiazole rings is 1. The smallest absolute Gasteiger partial charge is 0.123 e. The molecule has 18 heavy (non-hydrogen) atoms. The predicted molar refractivity (Wildman–Crippen MR) is 75.7 cm³/mol. The van der Waals surface area contributed by atoms with Gasteiger partial charge in [-0.15, -0.1) is 11.3 Å². The molecule has 1 fully saturated rings. The zero-order chi connectivity index (χ0) is 12.4. The Morgan fingerprint density at radius 3 is 2.78 bits per heavy atom. The van der Waals surface area contributed by atoms with Gasteiger partial charge in [0.15, 0.2) is 0 Å². The molecule has 0 spiro atoms. The molecule has 2 heterocycles. The molecule has 1 aromatic carbocycles. The zero-order valence-corrected chi connectivity index (χ0v) is 11.3. The molecule has 0 atom stereocenters. The summed E-state index contributed by atoms with van der Waals surface area (Å²) in [6.07, 6.45) is 0. The van der Waals surface area contributed by atoms with Crippen molar-refractivity contribution in [1.82, 2.24) is 15.2 Å². The van der Waals surface area contributed by atoms with E-state index >= 15 is 0 Å². The van der Waals surface area contributed by atoms with Crippen LogP contribution in [0, 0.1) is 0 Å². The zero-order valence-electron chi connectivity index (χ0n) is 10.5. The van der Waals surface area contributed by atoms with Crippen LogP contribution >= 0.6 is 11.3 Å². The topological polar surface area (TPSA) is 28.2 Å². The SMILES string of the molecule is CN(Cc1csc(-c2ccccc2)n1)C1CNC1. The minimum absolute atomic E-state index is 0.673. The third-order valence-corrected chi connectivity index (χ3v) is 4.31. The number of benzene rings is 1. The highest BCUT2D eigenvalue weighted by molar-refractivity contribution is 7.13. The van der Waals surface area contributed by atoms with E-state index in [4.69, 9.17) is 4.98 Å². The van der Waals surface area contributed by atoms with E-state index in [1.165, 1.54) is 11.3 Å². The van der Waals surface area contributed by atoms with Crippen LogP contribution in [0.4, 0.5) is 0 Å². The van der Waals surface area contributed by atoms with E-state index in [0.29, 0.717) is 6.04 Å². The lowest BCUT2D eigenvalue weighted by molar-refractivity contribution is 0.171. The van der Waals surface area contributed by atoms with E-state index in [0.717, 1.165) is 24.6 Å². The Bertz CT molecular complexity index is 505. The molecule has 94 valence electrons. The van der Waals surface area contributed by atoms with Crippen LogP contribution in [-0.4, -0.2) is 36.1 Å². The van der Waals surface area contributed by atoms with Crippen molar-refractivity contribution in [1.29, 1.82) is 0 Å². The molecule has 1 aromatic heterocycles. The lowest BCUT2D eigenvalue weighted by Crippen LogP contribution is -2.55. The van der Waals surface area contributed by atoms with Gasteiger partial charge in [-0.05, 0) is 7.05 Å². The molecule has 0 saturated carbocycles. The number of aromatic nitrogens is 1. The van der Waals surface area contributed by atoms with Crippen LogP contribution in [0.3, 0.4) is 0 Å². The van der Waals surface area contributed by atoms with Gasteiger partial charge in [-0.3, -0.25) is 4.90 Å². The number of likely N-dealkylation sites (N-methyl/N-ethyl adjacent to an activating group) is 1. The molecule has 0 amide bonds. The van der Waals surface area contributed by atoms with Gasteiger partial charge in [0.1, 0.15) is 5.01 Å². The van der Waals surface area contributed by atoms with E-state index in [9.17, 15) is 0 Å². The fourth-order valence-corrected chi connectivity index (χ4v) is 2.88. The van der Waals surface area contributed by atoms with Gasteiger partial charge in [0.05, 0.1) is 5.69 Å². The van der Waals surface area contributed by atoms with Crippen LogP contribution in [0.1, 0.15) is 5.69 Å². The summed E-state index contributed by atoms with van der Waals surface area (Å²) in [5.41, 5.74) is 2.38. The highest BCUT2D eigenvalue weighted by Gasteiger charge is 2.21. The summed E-state index contributed by atoms with van der Waals surface area (Å²) in [6, 6.07) is 11.1. The molecule has 2 aromatic rings. The van der Waals surface area contributed by atoms with Crippen molar-refractivity contribution in [3.8, 4) is 10.6 Å². The molecule has 0 radical (unpaired) electrons. The van der Waals surface area contributed by atoms with E-state index in [1.807, 2.05) is 6.07 Å². The highest BCUT2D eigenvalue weighted by atomic mass is 32.1. The maximum absolute atomic E-state index is 4.72. The minimum Gasteiger partial charge on any atom is -0.314 e. The first-order chi connectivity index (χ1) is 8.83. The molecule has 0 bridgehead atoms. The van der Waals surface area contributed by atoms with Crippen LogP contribution < -0.4 is 5.32 Å². The van der Waals surface area contributed by atoms with Gasteiger partial charge in [0.25, 0.3) is 0 Å². The fraction of sp³-hybridized carbons (Fsp3) is 0.357. The third-order valence-electron chi connectivity index (χ3n) is 3.37. The standard InChI is InChI=1S/C14H17N3S/c1-17(13-7-15-8-13)9-12-10-18-14(16-12)11-5-3-2-4-6-11/h2-6,10,13,15H,7-9H2,1H3. The van der Waals surface area contributed by atoms with Crippen molar-refractivity contribution >= 4 is 11.3 Å². The van der Waals surface area contributed by atoms with Gasteiger partial charge >= 0.3 is 0 Å². The van der Waals surface area contributed by atoms with E-state index in [2.05, 4.69) is 46.9 Å². The van der Waals surface area contributed by atoms with E-state index in [1.54, 1.807) is 11.3 Å². The van der Waals surface area contributed by atoms with E-state index in [-0.39, 0.29) is 0 Å². The number of hydrogen-bond donors (Lipinski definition) is 1. The summed E-state index contributed by atoms with van der Waals surface area (Å²) in [5.74, 6) is 0. The second kappa shape index (κ2) is 5.18. The second-order valence-electron chi connectivity index (χ2n) is 4.74. The summed E-state index contributed by atoms with van der Waals surface area (Å²) >= 11 is 1.73. The molecular weight excluding hydrogens is 242 g/mol. The number of rotatable bonds is 4. The normalized spacial score (nSPS) is 15.9. The number of nitrogens with zero attached hydrogens (tertiary/aromatic N) is 2. The third kappa shape index (κ3) is 2.46. The quantitative estimate of drug-likeness (QED) is 0.912. The van der Waals surface area contributed by atoms with Crippen molar-refractivity contribution in [2.24, 2.45) is 0 Å². The monoisotopic (exact) mass is 259 g/mol. The first-order valence-corrected chi connectivity index (χ1v) is 7.11. The first-order valence-electron chi connectivity index (χ1n) is 6.24. The summed E-state index contributed by atoms with van der Waals surface area (Å²) in [4.78, 5) is 7.09. The predicted octanol–water partition coefficient (Wildman–Crippen LogP) is 2.21. The van der Waals surface area contributed by atoms with Gasteiger partial charge in [-0.1, -0.05) is 30.3 Å². The average molecular weight is 259 g/mol. The molecule has 4 heteroatoms. The van der Waals surface area contributed by atoms with E-state index < -0.39 is 0 Å². The Hall–Kier alpha value is -1.23. The molecule has 1 aliphatic heterocycles. The lowest BCUT2D eigenvalue weighted by Gasteiger charge is -2.35. The Morgan fingerprint density at radius 1 is 1.33 bits per heavy atom. The minimum atomic E-state index is 0.673. The Kier molecular flexibility index (Phi) is 3.41. The van der Waals surface area contributed by atoms with Crippen LogP contribution in [0.2, 0.25) is 0 Å². The number of nitrogens with one attached hydrogen (secondary N) is 1. The highest BCUT2D eigenvalue weighted by Crippen LogP contribution is 2.24. The average Bonchev–Trinajstić information content (AvgIpc) is 2.76. The molecule has 0 unspecified atom stereocenters. The fourth-order valence-electron chi connectivity index (χ4n) is 2.06. The molecular formula is C14H17N3S. The van der Waals surface area contributed by atoms with Gasteiger partial charge in [-0.25, -0.2) is 4.98 Å². The summed E-state index contributed by atoms with van der Waals surface area (Å²) < 4.78 is 0. The summed E-state index contributed by atoms with van der Waals surface area (Å²) in [7, 11) is 2.17. The van der Waals surface area contributed by atoms with Crippen molar-refractivity contribution in [3.63, 3.8) is 0 Å². The Labute approximate surface area is 111 Å². The molecule has 1 N–H and O–H groups in total. The van der Waals surface area contributed by atoms with Crippen molar-refractivity contribution in [2.75, 3.05) is 20.1 Å². The second-order valence-corrected chi connectivity index (χ2v) is 5.60. The lowest BCUT2D eigenvalue weighted by atomic mass is 10.1. The Morgan fingerprint density at radius 2 is 2.11 bits per heavy atom. The van der Waals surface area contributed by atoms with Crippen LogP contribution in [0.15, 0.2) is 35.7 Å². The van der Waals surface area contributed by atoms with Crippen molar-refractivity contribution in [3.05, 3.63) is 41.4 Å². The molecule has 1 aliphatic rings. The first kappa shape index (κ1) is 11.8. The molecule has 3 rings (SSSR count). The van der Waals surface area contributed by atoms with Crippen LogP contribution in [-0.2, 0) is 6.54 Å². The molecule has 3 nitrogen and oxygen atoms in total. The molecule has 1 saturated heterocycles. The van der Waals surface area contributed by atoms with Crippen LogP contribution in [0.25, 0.3) is 10.6 Å². The number of hydrogen-bond acceptors (Lipinski definition) is 4. The largest absolute Gasteiger partial charge is 0.314 e. The maximum atomic E-state index is 4.72. The van der Waals surface area contributed by atoms with Crippen molar-refractivity contribution < 1.29 is 0 Å². The van der Waals surface area contributed by atoms with Crippen LogP contribution in [0.5, 0.6) is 0 Å². The van der Waals surface area contributed by atoms with Gasteiger partial charge in [0.2, 0.25) is 0 Å². The van der Waals surface area contributed by atoms with Gasteiger partial charge in [0, 0.05) is 36.6 Å².